The molecule has 0 saturated carbocycles. The number of unbranched alkanes of at least 4 members (excludes halogenated alkanes) is 7. The van der Waals surface area contributed by atoms with Gasteiger partial charge in [-0.15, -0.1) is 0 Å². The summed E-state index contributed by atoms with van der Waals surface area (Å²) in [4.78, 5) is 0. The second-order valence-electron chi connectivity index (χ2n) is 6.68. The number of ether oxygens (including phenoxy) is 2. The minimum Gasteiger partial charge on any atom is -0.493 e. The third-order valence-corrected chi connectivity index (χ3v) is 4.36. The van der Waals surface area contributed by atoms with Gasteiger partial charge in [0.1, 0.15) is 11.5 Å². The van der Waals surface area contributed by atoms with E-state index < -0.39 is 23.3 Å². The van der Waals surface area contributed by atoms with Crippen molar-refractivity contribution in [1.29, 1.82) is 0 Å². The van der Waals surface area contributed by atoms with E-state index in [9.17, 15) is 17.6 Å². The van der Waals surface area contributed by atoms with Crippen LogP contribution in [0.1, 0.15) is 51.4 Å². The molecule has 0 N–H and O–H groups in total. The van der Waals surface area contributed by atoms with Crippen molar-refractivity contribution >= 4 is 0 Å². The fraction of sp³-hybridized carbons (Fsp3) is 0.455. The van der Waals surface area contributed by atoms with Crippen molar-refractivity contribution in [1.82, 2.24) is 0 Å². The van der Waals surface area contributed by atoms with Crippen LogP contribution in [0.4, 0.5) is 17.6 Å². The summed E-state index contributed by atoms with van der Waals surface area (Å²) in [6.45, 7) is 0.985. The Bertz CT molecular complexity index is 660. The highest BCUT2D eigenvalue weighted by Crippen LogP contribution is 2.17. The molecule has 0 atom stereocenters. The Morgan fingerprint density at radius 2 is 0.821 bits per heavy atom. The number of hydrogen-bond acceptors (Lipinski definition) is 2. The first kappa shape index (κ1) is 22.1. The van der Waals surface area contributed by atoms with Crippen LogP contribution in [0.25, 0.3) is 0 Å². The summed E-state index contributed by atoms with van der Waals surface area (Å²) in [5.74, 6) is -2.83. The lowest BCUT2D eigenvalue weighted by atomic mass is 10.1. The maximum atomic E-state index is 13.0. The Morgan fingerprint density at radius 3 is 1.18 bits per heavy atom. The van der Waals surface area contributed by atoms with E-state index in [2.05, 4.69) is 0 Å². The van der Waals surface area contributed by atoms with Crippen molar-refractivity contribution in [3.8, 4) is 11.5 Å². The third kappa shape index (κ3) is 8.19. The Hall–Kier alpha value is -2.24. The van der Waals surface area contributed by atoms with E-state index in [1.807, 2.05) is 0 Å². The molecule has 0 bridgehead atoms. The van der Waals surface area contributed by atoms with Gasteiger partial charge in [-0.05, 0) is 37.1 Å². The Balaban J connectivity index is 1.39. The number of rotatable bonds is 13. The van der Waals surface area contributed by atoms with Gasteiger partial charge in [0, 0.05) is 12.1 Å². The molecule has 0 aliphatic heterocycles. The van der Waals surface area contributed by atoms with Gasteiger partial charge in [0.25, 0.3) is 0 Å². The van der Waals surface area contributed by atoms with Crippen LogP contribution >= 0.6 is 0 Å². The number of hydrogen-bond donors (Lipinski definition) is 0. The van der Waals surface area contributed by atoms with E-state index in [-0.39, 0.29) is 0 Å². The van der Waals surface area contributed by atoms with E-state index >= 15 is 0 Å². The predicted octanol–water partition coefficient (Wildman–Crippen LogP) is 6.82. The van der Waals surface area contributed by atoms with Crippen molar-refractivity contribution < 1.29 is 27.0 Å². The first-order valence-corrected chi connectivity index (χ1v) is 9.72. The predicted molar refractivity (Wildman–Crippen MR) is 101 cm³/mol. The molecule has 0 aliphatic carbocycles. The summed E-state index contributed by atoms with van der Waals surface area (Å²) in [6.07, 6.45) is 8.29. The molecular formula is C22H26F4O2. The third-order valence-electron chi connectivity index (χ3n) is 4.36. The standard InChI is InChI=1S/C22H26F4O2/c23-19-11-9-17(15-21(19)25)27-13-7-5-3-1-2-4-6-8-14-28-18-10-12-20(24)22(26)16-18/h9-12,15-16H,1-8,13-14H2. The fourth-order valence-corrected chi connectivity index (χ4v) is 2.78. The zero-order chi connectivity index (χ0) is 20.2. The van der Waals surface area contributed by atoms with Crippen LogP contribution in [0.5, 0.6) is 11.5 Å². The number of halogens is 4. The molecule has 0 aliphatic rings. The molecule has 2 aromatic rings. The first-order valence-electron chi connectivity index (χ1n) is 9.72. The Morgan fingerprint density at radius 1 is 0.464 bits per heavy atom. The average Bonchev–Trinajstić information content (AvgIpc) is 2.68. The van der Waals surface area contributed by atoms with Crippen LogP contribution in [-0.2, 0) is 0 Å². The minimum atomic E-state index is -0.896. The highest BCUT2D eigenvalue weighted by molar-refractivity contribution is 5.24. The quantitative estimate of drug-likeness (QED) is 0.272. The minimum absolute atomic E-state index is 0.351. The van der Waals surface area contributed by atoms with E-state index in [1.165, 1.54) is 12.1 Å². The smallest absolute Gasteiger partial charge is 0.162 e. The topological polar surface area (TPSA) is 18.5 Å². The van der Waals surface area contributed by atoms with Gasteiger partial charge in [-0.3, -0.25) is 0 Å². The second kappa shape index (κ2) is 12.3. The van der Waals surface area contributed by atoms with Crippen LogP contribution in [-0.4, -0.2) is 13.2 Å². The zero-order valence-corrected chi connectivity index (χ0v) is 15.9. The van der Waals surface area contributed by atoms with Crippen molar-refractivity contribution in [2.24, 2.45) is 0 Å². The van der Waals surface area contributed by atoms with E-state index in [4.69, 9.17) is 9.47 Å². The van der Waals surface area contributed by atoms with Crippen LogP contribution in [0.15, 0.2) is 36.4 Å². The van der Waals surface area contributed by atoms with Gasteiger partial charge in [0.2, 0.25) is 0 Å². The van der Waals surface area contributed by atoms with Crippen LogP contribution in [0.2, 0.25) is 0 Å². The van der Waals surface area contributed by atoms with Crippen LogP contribution in [0.3, 0.4) is 0 Å². The van der Waals surface area contributed by atoms with Gasteiger partial charge in [-0.1, -0.05) is 38.5 Å². The highest BCUT2D eigenvalue weighted by Gasteiger charge is 2.04. The molecule has 2 rings (SSSR count). The lowest BCUT2D eigenvalue weighted by molar-refractivity contribution is 0.298. The summed E-state index contributed by atoms with van der Waals surface area (Å²) in [6, 6.07) is 7.10. The van der Waals surface area contributed by atoms with Gasteiger partial charge in [0.15, 0.2) is 23.3 Å². The normalized spacial score (nSPS) is 10.9. The maximum absolute atomic E-state index is 13.0. The van der Waals surface area contributed by atoms with Crippen LogP contribution < -0.4 is 9.47 Å². The first-order chi connectivity index (χ1) is 13.6. The molecule has 6 heteroatoms. The second-order valence-corrected chi connectivity index (χ2v) is 6.68. The summed E-state index contributed by atoms with van der Waals surface area (Å²) >= 11 is 0. The van der Waals surface area contributed by atoms with E-state index in [0.717, 1.165) is 75.6 Å². The van der Waals surface area contributed by atoms with E-state index in [1.54, 1.807) is 0 Å². The lowest BCUT2D eigenvalue weighted by Gasteiger charge is -2.07. The molecule has 0 amide bonds. The SMILES string of the molecule is Fc1ccc(OCCCCCCCCCCOc2ccc(F)c(F)c2)cc1F. The molecule has 0 fully saturated rings. The van der Waals surface area contributed by atoms with Gasteiger partial charge in [-0.2, -0.15) is 0 Å². The molecule has 0 unspecified atom stereocenters. The zero-order valence-electron chi connectivity index (χ0n) is 15.9. The van der Waals surface area contributed by atoms with Crippen molar-refractivity contribution in [2.45, 2.75) is 51.4 Å². The molecule has 28 heavy (non-hydrogen) atoms. The average molecular weight is 398 g/mol. The maximum Gasteiger partial charge on any atom is 0.162 e. The molecule has 0 radical (unpaired) electrons. The summed E-state index contributed by atoms with van der Waals surface area (Å²) in [7, 11) is 0. The highest BCUT2D eigenvalue weighted by atomic mass is 19.2. The van der Waals surface area contributed by atoms with Crippen LogP contribution in [0, 0.1) is 23.3 Å². The molecule has 0 heterocycles. The molecule has 0 spiro atoms. The van der Waals surface area contributed by atoms with Crippen molar-refractivity contribution in [2.75, 3.05) is 13.2 Å². The monoisotopic (exact) mass is 398 g/mol. The molecular weight excluding hydrogens is 372 g/mol. The van der Waals surface area contributed by atoms with Gasteiger partial charge in [-0.25, -0.2) is 17.6 Å². The Labute approximate surface area is 163 Å². The summed E-state index contributed by atoms with van der Waals surface area (Å²) < 4.78 is 62.5. The molecule has 154 valence electrons. The molecule has 2 aromatic carbocycles. The molecule has 0 aromatic heterocycles. The summed E-state index contributed by atoms with van der Waals surface area (Å²) in [5.41, 5.74) is 0. The summed E-state index contributed by atoms with van der Waals surface area (Å²) in [5, 5.41) is 0. The van der Waals surface area contributed by atoms with Gasteiger partial charge < -0.3 is 9.47 Å². The van der Waals surface area contributed by atoms with E-state index in [0.29, 0.717) is 24.7 Å². The Kier molecular flexibility index (Phi) is 9.66. The van der Waals surface area contributed by atoms with Gasteiger partial charge >= 0.3 is 0 Å². The number of benzene rings is 2. The lowest BCUT2D eigenvalue weighted by Crippen LogP contribution is -1.99. The van der Waals surface area contributed by atoms with Crippen molar-refractivity contribution in [3.63, 3.8) is 0 Å². The largest absolute Gasteiger partial charge is 0.493 e. The van der Waals surface area contributed by atoms with Gasteiger partial charge in [0.05, 0.1) is 13.2 Å². The van der Waals surface area contributed by atoms with Crippen molar-refractivity contribution in [3.05, 3.63) is 59.7 Å². The molecule has 0 saturated heterocycles. The fourth-order valence-electron chi connectivity index (χ4n) is 2.78. The molecule has 2 nitrogen and oxygen atoms in total.